The zero-order valence-corrected chi connectivity index (χ0v) is 17.9. The number of fused-ring (bicyclic) bond motifs is 1. The monoisotopic (exact) mass is 431 g/mol. The number of hydrogen-bond acceptors (Lipinski definition) is 8. The minimum absolute atomic E-state index is 0.0211. The van der Waals surface area contributed by atoms with Crippen molar-refractivity contribution in [2.75, 3.05) is 11.9 Å². The second-order valence-electron chi connectivity index (χ2n) is 7.90. The van der Waals surface area contributed by atoms with Crippen molar-refractivity contribution in [1.82, 2.24) is 5.32 Å². The fraction of sp³-hybridized carbons (Fsp3) is 0.381. The van der Waals surface area contributed by atoms with E-state index in [0.717, 1.165) is 10.4 Å². The van der Waals surface area contributed by atoms with Crippen molar-refractivity contribution < 1.29 is 23.9 Å². The largest absolute Gasteiger partial charge is 0.456 e. The van der Waals surface area contributed by atoms with Gasteiger partial charge in [0.15, 0.2) is 0 Å². The number of benzene rings is 1. The van der Waals surface area contributed by atoms with Gasteiger partial charge >= 0.3 is 18.0 Å². The molecule has 0 spiro atoms. The Kier molecular flexibility index (Phi) is 6.55. The van der Waals surface area contributed by atoms with Crippen LogP contribution in [0.15, 0.2) is 30.3 Å². The van der Waals surface area contributed by atoms with Crippen LogP contribution in [0.1, 0.15) is 51.9 Å². The maximum Gasteiger partial charge on any atom is 0.420 e. The molecule has 1 aromatic heterocycles. The molecule has 0 aliphatic carbocycles. The molecule has 0 radical (unpaired) electrons. The SMILES string of the molecule is CC(C)(C)OC(=O)c1c(NC(=O)OC(=O)c2ccccc2)sc2c1C[C@@H](CN)NC2. The first kappa shape index (κ1) is 21.9. The number of thiophene rings is 1. The van der Waals surface area contributed by atoms with Crippen LogP contribution in [0.4, 0.5) is 9.80 Å². The topological polar surface area (TPSA) is 120 Å². The summed E-state index contributed by atoms with van der Waals surface area (Å²) in [7, 11) is 0. The van der Waals surface area contributed by atoms with Crippen LogP contribution in [0.2, 0.25) is 0 Å². The molecule has 1 aliphatic rings. The van der Waals surface area contributed by atoms with E-state index < -0.39 is 23.6 Å². The maximum atomic E-state index is 12.9. The molecule has 1 atom stereocenters. The van der Waals surface area contributed by atoms with Gasteiger partial charge in [-0.2, -0.15) is 0 Å². The first-order valence-corrected chi connectivity index (χ1v) is 10.4. The average Bonchev–Trinajstić information content (AvgIpc) is 3.03. The molecule has 8 nitrogen and oxygen atoms in total. The van der Waals surface area contributed by atoms with Gasteiger partial charge in [0.2, 0.25) is 0 Å². The van der Waals surface area contributed by atoms with E-state index in [1.807, 2.05) is 0 Å². The Morgan fingerprint density at radius 3 is 2.53 bits per heavy atom. The Morgan fingerprint density at radius 1 is 1.20 bits per heavy atom. The van der Waals surface area contributed by atoms with E-state index >= 15 is 0 Å². The minimum atomic E-state index is -0.962. The summed E-state index contributed by atoms with van der Waals surface area (Å²) in [5, 5.41) is 6.13. The highest BCUT2D eigenvalue weighted by molar-refractivity contribution is 7.17. The van der Waals surface area contributed by atoms with Gasteiger partial charge in [0.25, 0.3) is 0 Å². The van der Waals surface area contributed by atoms with Crippen LogP contribution in [0.5, 0.6) is 0 Å². The van der Waals surface area contributed by atoms with Crippen LogP contribution in [-0.4, -0.2) is 36.2 Å². The van der Waals surface area contributed by atoms with Gasteiger partial charge in [0.1, 0.15) is 10.6 Å². The molecular weight excluding hydrogens is 406 g/mol. The Balaban J connectivity index is 1.84. The van der Waals surface area contributed by atoms with Crippen molar-refractivity contribution in [2.45, 2.75) is 45.4 Å². The van der Waals surface area contributed by atoms with E-state index in [-0.39, 0.29) is 17.2 Å². The van der Waals surface area contributed by atoms with Crippen LogP contribution in [0, 0.1) is 0 Å². The number of rotatable bonds is 4. The third kappa shape index (κ3) is 5.24. The molecule has 160 valence electrons. The van der Waals surface area contributed by atoms with E-state index in [9.17, 15) is 14.4 Å². The molecule has 0 saturated carbocycles. The molecule has 2 heterocycles. The molecule has 1 amide bonds. The quantitative estimate of drug-likeness (QED) is 0.503. The Labute approximate surface area is 178 Å². The Morgan fingerprint density at radius 2 is 1.90 bits per heavy atom. The van der Waals surface area contributed by atoms with Gasteiger partial charge in [-0.25, -0.2) is 14.4 Å². The second kappa shape index (κ2) is 8.95. The van der Waals surface area contributed by atoms with Gasteiger partial charge in [-0.05, 0) is 44.9 Å². The number of nitrogens with two attached hydrogens (primary N) is 1. The molecule has 4 N–H and O–H groups in total. The number of amides is 1. The standard InChI is InChI=1S/C21H25N3O5S/c1-21(2,3)29-19(26)16-14-9-13(10-22)23-11-15(14)30-17(16)24-20(27)28-18(25)12-7-5-4-6-8-12/h4-8,13,23H,9-11,22H2,1-3H3,(H,24,27)/t13-/m0/s1. The van der Waals surface area contributed by atoms with Gasteiger partial charge < -0.3 is 20.5 Å². The van der Waals surface area contributed by atoms with Crippen molar-refractivity contribution >= 4 is 34.4 Å². The maximum absolute atomic E-state index is 12.9. The number of ether oxygens (including phenoxy) is 2. The van der Waals surface area contributed by atoms with Crippen molar-refractivity contribution in [3.05, 3.63) is 51.9 Å². The predicted octanol–water partition coefficient (Wildman–Crippen LogP) is 3.07. The molecule has 3 rings (SSSR count). The van der Waals surface area contributed by atoms with Crippen molar-refractivity contribution in [1.29, 1.82) is 0 Å². The zero-order chi connectivity index (χ0) is 21.9. The van der Waals surface area contributed by atoms with Crippen LogP contribution < -0.4 is 16.4 Å². The summed E-state index contributed by atoms with van der Waals surface area (Å²) in [6.07, 6.45) is -0.424. The molecule has 30 heavy (non-hydrogen) atoms. The summed E-state index contributed by atoms with van der Waals surface area (Å²) in [5.41, 5.74) is 6.42. The van der Waals surface area contributed by atoms with Crippen LogP contribution in [0.3, 0.4) is 0 Å². The van der Waals surface area contributed by atoms with Crippen LogP contribution >= 0.6 is 11.3 Å². The second-order valence-corrected chi connectivity index (χ2v) is 9.00. The summed E-state index contributed by atoms with van der Waals surface area (Å²) in [6.45, 7) is 6.26. The summed E-state index contributed by atoms with van der Waals surface area (Å²) in [4.78, 5) is 38.3. The molecule has 2 aromatic rings. The Hall–Kier alpha value is -2.75. The van der Waals surface area contributed by atoms with Gasteiger partial charge in [-0.1, -0.05) is 18.2 Å². The third-order valence-electron chi connectivity index (χ3n) is 4.39. The van der Waals surface area contributed by atoms with Gasteiger partial charge in [-0.3, -0.25) is 5.32 Å². The number of anilines is 1. The average molecular weight is 432 g/mol. The fourth-order valence-corrected chi connectivity index (χ4v) is 4.22. The summed E-state index contributed by atoms with van der Waals surface area (Å²) < 4.78 is 10.4. The number of carbonyl (C=O) groups excluding carboxylic acids is 3. The highest BCUT2D eigenvalue weighted by Gasteiger charge is 2.32. The smallest absolute Gasteiger partial charge is 0.420 e. The zero-order valence-electron chi connectivity index (χ0n) is 17.1. The molecule has 1 aromatic carbocycles. The first-order valence-electron chi connectivity index (χ1n) is 9.57. The molecule has 1 aliphatic heterocycles. The lowest BCUT2D eigenvalue weighted by molar-refractivity contribution is 0.00696. The van der Waals surface area contributed by atoms with Crippen molar-refractivity contribution in [3.63, 3.8) is 0 Å². The first-order chi connectivity index (χ1) is 14.2. The number of hydrogen-bond donors (Lipinski definition) is 3. The summed E-state index contributed by atoms with van der Waals surface area (Å²) in [6, 6.07) is 8.21. The van der Waals surface area contributed by atoms with E-state index in [0.29, 0.717) is 24.5 Å². The molecule has 9 heteroatoms. The lowest BCUT2D eigenvalue weighted by Gasteiger charge is -2.24. The normalized spacial score (nSPS) is 15.8. The third-order valence-corrected chi connectivity index (χ3v) is 5.54. The molecule has 0 fully saturated rings. The molecule has 0 unspecified atom stereocenters. The lowest BCUT2D eigenvalue weighted by atomic mass is 9.98. The lowest BCUT2D eigenvalue weighted by Crippen LogP contribution is -2.41. The van der Waals surface area contributed by atoms with Crippen LogP contribution in [-0.2, 0) is 22.4 Å². The van der Waals surface area contributed by atoms with Crippen LogP contribution in [0.25, 0.3) is 0 Å². The van der Waals surface area contributed by atoms with E-state index in [1.54, 1.807) is 51.1 Å². The number of esters is 2. The van der Waals surface area contributed by atoms with E-state index in [1.165, 1.54) is 11.3 Å². The molecule has 0 bridgehead atoms. The predicted molar refractivity (Wildman–Crippen MR) is 114 cm³/mol. The summed E-state index contributed by atoms with van der Waals surface area (Å²) >= 11 is 1.25. The number of carbonyl (C=O) groups is 3. The molecule has 0 saturated heterocycles. The highest BCUT2D eigenvalue weighted by atomic mass is 32.1. The van der Waals surface area contributed by atoms with Crippen molar-refractivity contribution in [2.24, 2.45) is 5.73 Å². The van der Waals surface area contributed by atoms with E-state index in [4.69, 9.17) is 15.2 Å². The minimum Gasteiger partial charge on any atom is -0.456 e. The van der Waals surface area contributed by atoms with Crippen molar-refractivity contribution in [3.8, 4) is 0 Å². The summed E-state index contributed by atoms with van der Waals surface area (Å²) in [5.74, 6) is -1.32. The highest BCUT2D eigenvalue weighted by Crippen LogP contribution is 2.37. The fourth-order valence-electron chi connectivity index (χ4n) is 3.06. The van der Waals surface area contributed by atoms with Gasteiger partial charge in [0, 0.05) is 24.0 Å². The van der Waals surface area contributed by atoms with Gasteiger partial charge in [-0.15, -0.1) is 11.3 Å². The van der Waals surface area contributed by atoms with Gasteiger partial charge in [0.05, 0.1) is 11.1 Å². The Bertz CT molecular complexity index is 950. The molecular formula is C21H25N3O5S. The van der Waals surface area contributed by atoms with E-state index in [2.05, 4.69) is 10.6 Å². The number of nitrogens with one attached hydrogen (secondary N) is 2.